The first-order chi connectivity index (χ1) is 13.6. The highest BCUT2D eigenvalue weighted by Crippen LogP contribution is 2.37. The van der Waals surface area contributed by atoms with Crippen LogP contribution in [0, 0.1) is 11.7 Å². The van der Waals surface area contributed by atoms with Crippen LogP contribution in [-0.2, 0) is 20.7 Å². The third kappa shape index (κ3) is 3.29. The van der Waals surface area contributed by atoms with Crippen molar-refractivity contribution in [3.63, 3.8) is 0 Å². The molecule has 5 nitrogen and oxygen atoms in total. The van der Waals surface area contributed by atoms with E-state index >= 15 is 0 Å². The topological polar surface area (TPSA) is 58.6 Å². The largest absolute Gasteiger partial charge is 0.469 e. The number of fused-ring (bicyclic) bond motifs is 1. The van der Waals surface area contributed by atoms with Crippen LogP contribution in [0.25, 0.3) is 0 Å². The lowest BCUT2D eigenvalue weighted by Gasteiger charge is -2.31. The van der Waals surface area contributed by atoms with E-state index < -0.39 is 29.8 Å². The number of aryl methyl sites for hydroxylation is 1. The Morgan fingerprint density at radius 1 is 1.14 bits per heavy atom. The minimum absolute atomic E-state index is 0.0834. The van der Waals surface area contributed by atoms with E-state index in [1.54, 1.807) is 23.1 Å². The van der Waals surface area contributed by atoms with Gasteiger partial charge >= 0.3 is 5.97 Å². The first kappa shape index (κ1) is 18.6. The molecule has 2 aromatic rings. The zero-order valence-corrected chi connectivity index (χ0v) is 15.7. The van der Waals surface area contributed by atoms with Gasteiger partial charge in [-0.25, -0.2) is 4.39 Å². The van der Waals surface area contributed by atoms with E-state index in [9.17, 15) is 14.0 Å². The van der Waals surface area contributed by atoms with Crippen LogP contribution in [0.2, 0.25) is 0 Å². The van der Waals surface area contributed by atoms with E-state index in [-0.39, 0.29) is 12.3 Å². The van der Waals surface area contributed by atoms with E-state index in [1.165, 1.54) is 13.2 Å². The lowest BCUT2D eigenvalue weighted by atomic mass is 9.93. The van der Waals surface area contributed by atoms with E-state index in [0.29, 0.717) is 12.1 Å². The Labute approximate surface area is 163 Å². The van der Waals surface area contributed by atoms with Crippen molar-refractivity contribution < 1.29 is 18.7 Å². The molecule has 1 amide bonds. The third-order valence-electron chi connectivity index (χ3n) is 5.69. The van der Waals surface area contributed by atoms with Gasteiger partial charge in [0.1, 0.15) is 5.82 Å². The van der Waals surface area contributed by atoms with E-state index in [1.807, 2.05) is 24.3 Å². The second kappa shape index (κ2) is 7.72. The summed E-state index contributed by atoms with van der Waals surface area (Å²) in [5.41, 5.74) is 2.45. The third-order valence-corrected chi connectivity index (χ3v) is 5.69. The van der Waals surface area contributed by atoms with Gasteiger partial charge in [0.15, 0.2) is 0 Å². The number of carbonyl (C=O) groups excluding carboxylic acids is 2. The molecule has 3 atom stereocenters. The van der Waals surface area contributed by atoms with E-state index in [0.717, 1.165) is 24.1 Å². The number of ether oxygens (including phenoxy) is 1. The molecule has 1 saturated heterocycles. The number of nitrogens with one attached hydrogen (secondary N) is 1. The molecule has 0 bridgehead atoms. The summed E-state index contributed by atoms with van der Waals surface area (Å²) in [5, 5.41) is 3.21. The summed E-state index contributed by atoms with van der Waals surface area (Å²) in [4.78, 5) is 27.4. The first-order valence-electron chi connectivity index (χ1n) is 9.57. The highest BCUT2D eigenvalue weighted by atomic mass is 19.1. The minimum Gasteiger partial charge on any atom is -0.469 e. The number of carbonyl (C=O) groups is 2. The fourth-order valence-electron chi connectivity index (χ4n) is 4.33. The summed E-state index contributed by atoms with van der Waals surface area (Å²) in [6, 6.07) is 13.1. The minimum atomic E-state index is -0.615. The molecule has 6 heteroatoms. The summed E-state index contributed by atoms with van der Waals surface area (Å²) >= 11 is 0. The maximum Gasteiger partial charge on any atom is 0.310 e. The Morgan fingerprint density at radius 3 is 2.68 bits per heavy atom. The Balaban J connectivity index is 1.62. The van der Waals surface area contributed by atoms with Crippen molar-refractivity contribution in [2.45, 2.75) is 31.3 Å². The van der Waals surface area contributed by atoms with Crippen molar-refractivity contribution in [3.8, 4) is 0 Å². The van der Waals surface area contributed by atoms with Crippen molar-refractivity contribution in [2.24, 2.45) is 5.92 Å². The van der Waals surface area contributed by atoms with Gasteiger partial charge in [-0.15, -0.1) is 0 Å². The van der Waals surface area contributed by atoms with Crippen LogP contribution in [-0.4, -0.2) is 31.6 Å². The van der Waals surface area contributed by atoms with Gasteiger partial charge in [-0.2, -0.15) is 0 Å². The fourth-order valence-corrected chi connectivity index (χ4v) is 4.33. The van der Waals surface area contributed by atoms with Crippen LogP contribution < -0.4 is 10.2 Å². The molecule has 2 aliphatic rings. The highest BCUT2D eigenvalue weighted by Gasteiger charge is 2.45. The van der Waals surface area contributed by atoms with Gasteiger partial charge in [0.25, 0.3) is 0 Å². The first-order valence-corrected chi connectivity index (χ1v) is 9.57. The molecule has 2 aromatic carbocycles. The smallest absolute Gasteiger partial charge is 0.310 e. The highest BCUT2D eigenvalue weighted by molar-refractivity contribution is 5.99. The molecule has 0 aliphatic carbocycles. The standard InChI is InChI=1S/C22H23FN2O3/c1-28-22(27)16-13-18(24-20(16)15-9-3-4-10-17(15)23)21(26)25-12-6-8-14-7-2-5-11-19(14)25/h2-5,7,9-11,16,18,20,24H,6,8,12-13H2,1H3. The number of anilines is 1. The molecular weight excluding hydrogens is 359 g/mol. The molecule has 1 fully saturated rings. The second-order valence-corrected chi connectivity index (χ2v) is 7.31. The molecule has 1 N–H and O–H groups in total. The van der Waals surface area contributed by atoms with Crippen LogP contribution >= 0.6 is 0 Å². The zero-order valence-electron chi connectivity index (χ0n) is 15.7. The van der Waals surface area contributed by atoms with Gasteiger partial charge < -0.3 is 9.64 Å². The number of esters is 1. The van der Waals surface area contributed by atoms with Crippen LogP contribution in [0.3, 0.4) is 0 Å². The second-order valence-electron chi connectivity index (χ2n) is 7.31. The summed E-state index contributed by atoms with van der Waals surface area (Å²) in [6.07, 6.45) is 2.12. The van der Waals surface area contributed by atoms with Gasteiger partial charge in [-0.05, 0) is 37.0 Å². The molecule has 4 rings (SSSR count). The SMILES string of the molecule is COC(=O)C1CC(C(=O)N2CCCc3ccccc32)NC1c1ccccc1F. The number of rotatable bonds is 3. The predicted octanol–water partition coefficient (Wildman–Crippen LogP) is 3.00. The van der Waals surface area contributed by atoms with Crippen LogP contribution in [0.5, 0.6) is 0 Å². The van der Waals surface area contributed by atoms with Crippen LogP contribution in [0.4, 0.5) is 10.1 Å². The average Bonchev–Trinajstić information content (AvgIpc) is 3.17. The van der Waals surface area contributed by atoms with Crippen molar-refractivity contribution >= 4 is 17.6 Å². The zero-order chi connectivity index (χ0) is 19.7. The number of hydrogen-bond acceptors (Lipinski definition) is 4. The quantitative estimate of drug-likeness (QED) is 0.829. The predicted molar refractivity (Wildman–Crippen MR) is 103 cm³/mol. The van der Waals surface area contributed by atoms with Gasteiger partial charge in [-0.1, -0.05) is 36.4 Å². The fraction of sp³-hybridized carbons (Fsp3) is 0.364. The van der Waals surface area contributed by atoms with Crippen molar-refractivity contribution in [1.82, 2.24) is 5.32 Å². The monoisotopic (exact) mass is 382 g/mol. The van der Waals surface area contributed by atoms with Crippen molar-refractivity contribution in [1.29, 1.82) is 0 Å². The number of methoxy groups -OCH3 is 1. The normalized spacial score (nSPS) is 23.9. The van der Waals surface area contributed by atoms with Crippen molar-refractivity contribution in [3.05, 3.63) is 65.5 Å². The molecule has 0 spiro atoms. The van der Waals surface area contributed by atoms with Crippen LogP contribution in [0.15, 0.2) is 48.5 Å². The molecule has 2 aliphatic heterocycles. The molecule has 0 radical (unpaired) electrons. The number of benzene rings is 2. The number of hydrogen-bond donors (Lipinski definition) is 1. The number of amides is 1. The molecule has 28 heavy (non-hydrogen) atoms. The summed E-state index contributed by atoms with van der Waals surface area (Å²) in [7, 11) is 1.32. The van der Waals surface area contributed by atoms with E-state index in [4.69, 9.17) is 4.74 Å². The maximum absolute atomic E-state index is 14.4. The van der Waals surface area contributed by atoms with E-state index in [2.05, 4.69) is 5.32 Å². The summed E-state index contributed by atoms with van der Waals surface area (Å²) in [5.74, 6) is -1.53. The van der Waals surface area contributed by atoms with Gasteiger partial charge in [-0.3, -0.25) is 14.9 Å². The number of para-hydroxylation sites is 1. The molecule has 0 saturated carbocycles. The average molecular weight is 382 g/mol. The van der Waals surface area contributed by atoms with Gasteiger partial charge in [0.05, 0.1) is 19.1 Å². The molecule has 3 unspecified atom stereocenters. The molecule has 146 valence electrons. The Morgan fingerprint density at radius 2 is 1.89 bits per heavy atom. The lowest BCUT2D eigenvalue weighted by molar-refractivity contribution is -0.145. The maximum atomic E-state index is 14.4. The number of nitrogens with zero attached hydrogens (tertiary/aromatic N) is 1. The molecule has 2 heterocycles. The van der Waals surface area contributed by atoms with Gasteiger partial charge in [0, 0.05) is 23.8 Å². The Bertz CT molecular complexity index is 901. The summed E-state index contributed by atoms with van der Waals surface area (Å²) in [6.45, 7) is 0.640. The molecule has 0 aromatic heterocycles. The lowest BCUT2D eigenvalue weighted by Crippen LogP contribution is -2.46. The Hall–Kier alpha value is -2.73. The van der Waals surface area contributed by atoms with Crippen LogP contribution in [0.1, 0.15) is 30.0 Å². The van der Waals surface area contributed by atoms with Crippen molar-refractivity contribution in [2.75, 3.05) is 18.6 Å². The van der Waals surface area contributed by atoms with Gasteiger partial charge in [0.2, 0.25) is 5.91 Å². The number of halogens is 1. The Kier molecular flexibility index (Phi) is 5.13. The molecular formula is C22H23FN2O3. The summed E-state index contributed by atoms with van der Waals surface area (Å²) < 4.78 is 19.3.